The molecule has 1 aromatic carbocycles. The molecule has 0 radical (unpaired) electrons. The quantitative estimate of drug-likeness (QED) is 0.841. The normalized spacial score (nSPS) is 21.8. The lowest BCUT2D eigenvalue weighted by molar-refractivity contribution is 0.223. The molecular weight excluding hydrogens is 277 g/mol. The Kier molecular flexibility index (Phi) is 3.05. The first-order valence-electron chi connectivity index (χ1n) is 4.47. The van der Waals surface area contributed by atoms with Crippen LogP contribution in [-0.4, -0.2) is 19.2 Å². The van der Waals surface area contributed by atoms with Gasteiger partial charge >= 0.3 is 0 Å². The van der Waals surface area contributed by atoms with E-state index in [4.69, 9.17) is 4.74 Å². The van der Waals surface area contributed by atoms with Crippen LogP contribution < -0.4 is 10.1 Å². The van der Waals surface area contributed by atoms with Gasteiger partial charge in [-0.3, -0.25) is 0 Å². The third-order valence-corrected chi connectivity index (χ3v) is 2.78. The predicted molar refractivity (Wildman–Crippen MR) is 61.1 cm³/mol. The molecule has 3 heteroatoms. The molecule has 0 unspecified atom stereocenters. The van der Waals surface area contributed by atoms with Crippen molar-refractivity contribution in [1.82, 2.24) is 5.32 Å². The molecule has 1 aliphatic heterocycles. The fourth-order valence-electron chi connectivity index (χ4n) is 1.46. The van der Waals surface area contributed by atoms with Gasteiger partial charge in [-0.1, -0.05) is 6.07 Å². The molecule has 1 N–H and O–H groups in total. The summed E-state index contributed by atoms with van der Waals surface area (Å²) in [6.45, 7) is 2.06. The van der Waals surface area contributed by atoms with Crippen LogP contribution in [0.4, 0.5) is 0 Å². The minimum Gasteiger partial charge on any atom is -0.489 e. The second kappa shape index (κ2) is 4.28. The number of nitrogens with one attached hydrogen (secondary N) is 1. The molecule has 0 aliphatic carbocycles. The summed E-state index contributed by atoms with van der Waals surface area (Å²) in [7, 11) is 0. The Balaban J connectivity index is 2.00. The lowest BCUT2D eigenvalue weighted by Crippen LogP contribution is -2.19. The van der Waals surface area contributed by atoms with Gasteiger partial charge in [0.15, 0.2) is 0 Å². The lowest BCUT2D eigenvalue weighted by Gasteiger charge is -2.12. The number of hydrogen-bond donors (Lipinski definition) is 1. The van der Waals surface area contributed by atoms with E-state index in [-0.39, 0.29) is 0 Å². The first-order chi connectivity index (χ1) is 6.34. The van der Waals surface area contributed by atoms with E-state index in [1.165, 1.54) is 3.57 Å². The van der Waals surface area contributed by atoms with Crippen molar-refractivity contribution in [3.63, 3.8) is 0 Å². The highest BCUT2D eigenvalue weighted by atomic mass is 127. The summed E-state index contributed by atoms with van der Waals surface area (Å²) in [6, 6.07) is 8.18. The molecule has 2 rings (SSSR count). The summed E-state index contributed by atoms with van der Waals surface area (Å²) in [5, 5.41) is 3.28. The van der Waals surface area contributed by atoms with E-state index in [2.05, 4.69) is 40.0 Å². The van der Waals surface area contributed by atoms with Gasteiger partial charge in [0.05, 0.1) is 0 Å². The number of hydrogen-bond acceptors (Lipinski definition) is 2. The molecule has 70 valence electrons. The zero-order chi connectivity index (χ0) is 9.10. The van der Waals surface area contributed by atoms with E-state index in [1.807, 2.05) is 12.1 Å². The topological polar surface area (TPSA) is 21.3 Å². The average molecular weight is 289 g/mol. The molecule has 0 saturated carbocycles. The van der Waals surface area contributed by atoms with Crippen molar-refractivity contribution >= 4 is 22.6 Å². The number of rotatable bonds is 2. The van der Waals surface area contributed by atoms with Crippen LogP contribution in [0, 0.1) is 3.57 Å². The fourth-order valence-corrected chi connectivity index (χ4v) is 1.98. The Labute approximate surface area is 91.8 Å². The molecule has 1 fully saturated rings. The van der Waals surface area contributed by atoms with E-state index in [9.17, 15) is 0 Å². The van der Waals surface area contributed by atoms with Gasteiger partial charge in [0.25, 0.3) is 0 Å². The van der Waals surface area contributed by atoms with Crippen molar-refractivity contribution in [2.24, 2.45) is 0 Å². The maximum Gasteiger partial charge on any atom is 0.120 e. The molecule has 0 spiro atoms. The largest absolute Gasteiger partial charge is 0.489 e. The van der Waals surface area contributed by atoms with Gasteiger partial charge in [0.1, 0.15) is 11.9 Å². The Morgan fingerprint density at radius 3 is 3.08 bits per heavy atom. The second-order valence-electron chi connectivity index (χ2n) is 3.19. The first kappa shape index (κ1) is 9.27. The van der Waals surface area contributed by atoms with E-state index >= 15 is 0 Å². The molecule has 1 saturated heterocycles. The summed E-state index contributed by atoms with van der Waals surface area (Å²) in [4.78, 5) is 0. The summed E-state index contributed by atoms with van der Waals surface area (Å²) in [5.41, 5.74) is 0. The first-order valence-corrected chi connectivity index (χ1v) is 5.55. The van der Waals surface area contributed by atoms with Gasteiger partial charge in [-0.2, -0.15) is 0 Å². The summed E-state index contributed by atoms with van der Waals surface area (Å²) in [6.07, 6.45) is 1.48. The standard InChI is InChI=1S/C10H12INO/c11-8-2-1-3-9(6-8)13-10-4-5-12-7-10/h1-3,6,10,12H,4-5,7H2/t10-/m1/s1. The predicted octanol–water partition coefficient (Wildman–Crippen LogP) is 2.03. The summed E-state index contributed by atoms with van der Waals surface area (Å²) < 4.78 is 7.01. The van der Waals surface area contributed by atoms with Crippen LogP contribution in [0.15, 0.2) is 24.3 Å². The number of ether oxygens (including phenoxy) is 1. The molecule has 13 heavy (non-hydrogen) atoms. The Morgan fingerprint density at radius 1 is 1.46 bits per heavy atom. The Hall–Kier alpha value is -0.290. The molecular formula is C10H12INO. The van der Waals surface area contributed by atoms with Crippen LogP contribution in [0.5, 0.6) is 5.75 Å². The molecule has 1 aliphatic rings. The zero-order valence-corrected chi connectivity index (χ0v) is 9.45. The number of benzene rings is 1. The fraction of sp³-hybridized carbons (Fsp3) is 0.400. The summed E-state index contributed by atoms with van der Waals surface area (Å²) in [5.74, 6) is 0.987. The molecule has 1 atom stereocenters. The Morgan fingerprint density at radius 2 is 2.38 bits per heavy atom. The van der Waals surface area contributed by atoms with Crippen molar-refractivity contribution in [2.45, 2.75) is 12.5 Å². The maximum absolute atomic E-state index is 5.79. The van der Waals surface area contributed by atoms with Crippen molar-refractivity contribution in [3.05, 3.63) is 27.8 Å². The Bertz CT molecular complexity index is 284. The van der Waals surface area contributed by atoms with E-state index in [1.54, 1.807) is 0 Å². The van der Waals surface area contributed by atoms with Gasteiger partial charge in [-0.25, -0.2) is 0 Å². The molecule has 2 nitrogen and oxygen atoms in total. The third kappa shape index (κ3) is 2.57. The smallest absolute Gasteiger partial charge is 0.120 e. The zero-order valence-electron chi connectivity index (χ0n) is 7.29. The van der Waals surface area contributed by atoms with Crippen LogP contribution in [0.1, 0.15) is 6.42 Å². The van der Waals surface area contributed by atoms with Crippen LogP contribution >= 0.6 is 22.6 Å². The van der Waals surface area contributed by atoms with E-state index < -0.39 is 0 Å². The molecule has 1 aromatic rings. The van der Waals surface area contributed by atoms with Crippen LogP contribution in [0.2, 0.25) is 0 Å². The molecule has 1 heterocycles. The minimum absolute atomic E-state index is 0.359. The van der Waals surface area contributed by atoms with E-state index in [0.29, 0.717) is 6.10 Å². The highest BCUT2D eigenvalue weighted by Gasteiger charge is 2.15. The van der Waals surface area contributed by atoms with Crippen molar-refractivity contribution in [1.29, 1.82) is 0 Å². The highest BCUT2D eigenvalue weighted by molar-refractivity contribution is 14.1. The highest BCUT2D eigenvalue weighted by Crippen LogP contribution is 2.17. The van der Waals surface area contributed by atoms with Crippen LogP contribution in [0.3, 0.4) is 0 Å². The third-order valence-electron chi connectivity index (χ3n) is 2.11. The summed E-state index contributed by atoms with van der Waals surface area (Å²) >= 11 is 2.30. The van der Waals surface area contributed by atoms with E-state index in [0.717, 1.165) is 25.3 Å². The lowest BCUT2D eigenvalue weighted by atomic mass is 10.3. The second-order valence-corrected chi connectivity index (χ2v) is 4.44. The molecule has 0 bridgehead atoms. The minimum atomic E-state index is 0.359. The van der Waals surface area contributed by atoms with Gasteiger partial charge in [0.2, 0.25) is 0 Å². The van der Waals surface area contributed by atoms with Gasteiger partial charge in [-0.05, 0) is 53.8 Å². The molecule has 0 amide bonds. The van der Waals surface area contributed by atoms with Crippen molar-refractivity contribution in [3.8, 4) is 5.75 Å². The average Bonchev–Trinajstić information content (AvgIpc) is 2.57. The molecule has 0 aromatic heterocycles. The maximum atomic E-state index is 5.79. The van der Waals surface area contributed by atoms with Crippen molar-refractivity contribution in [2.75, 3.05) is 13.1 Å². The monoisotopic (exact) mass is 289 g/mol. The van der Waals surface area contributed by atoms with Crippen LogP contribution in [0.25, 0.3) is 0 Å². The van der Waals surface area contributed by atoms with Gasteiger partial charge in [-0.15, -0.1) is 0 Å². The van der Waals surface area contributed by atoms with Gasteiger partial charge < -0.3 is 10.1 Å². The van der Waals surface area contributed by atoms with Crippen molar-refractivity contribution < 1.29 is 4.74 Å². The van der Waals surface area contributed by atoms with Crippen LogP contribution in [-0.2, 0) is 0 Å². The van der Waals surface area contributed by atoms with Gasteiger partial charge in [0, 0.05) is 10.1 Å². The SMILES string of the molecule is Ic1cccc(O[C@@H]2CCNC2)c1. The number of halogens is 1.